The molecule has 3 rings (SSSR count). The maximum atomic E-state index is 10.8. The van der Waals surface area contributed by atoms with Gasteiger partial charge < -0.3 is 41.2 Å². The van der Waals surface area contributed by atoms with Gasteiger partial charge in [0.1, 0.15) is 35.8 Å². The number of pyridine rings is 1. The minimum Gasteiger partial charge on any atom is -0.507 e. The van der Waals surface area contributed by atoms with Crippen LogP contribution in [-0.4, -0.2) is 91.2 Å². The fraction of sp³-hybridized carbons (Fsp3) is 0.519. The van der Waals surface area contributed by atoms with E-state index >= 15 is 0 Å². The van der Waals surface area contributed by atoms with Crippen LogP contribution >= 0.6 is 0 Å². The van der Waals surface area contributed by atoms with Crippen molar-refractivity contribution in [2.24, 2.45) is 4.99 Å². The number of phenolic OH excluding ortho intramolecular Hbond substituents is 1. The molecule has 39 heavy (non-hydrogen) atoms. The van der Waals surface area contributed by atoms with Crippen molar-refractivity contribution in [2.75, 3.05) is 13.2 Å². The van der Waals surface area contributed by atoms with E-state index in [0.717, 1.165) is 11.1 Å². The summed E-state index contributed by atoms with van der Waals surface area (Å²) in [6.07, 6.45) is -0.170. The van der Waals surface area contributed by atoms with Gasteiger partial charge in [-0.15, -0.1) is 0 Å². The predicted octanol–water partition coefficient (Wildman–Crippen LogP) is 1.02. The standard InChI is InChI=1S/C21H33NO5.C6H5NO2.Mn.2H2O/c1-20(2,3)13-7-12(17(24)14(8-13)21(4,5)6)9-22-15-11-27-16(10-23)19(26)18(15)25;8-6(9)5-3-1-2-4-7-5;;;/h7-9,15-16,18-19,23-26H,10-11H2,1-6H3;1-4H,(H,8,9);;2*1H2/t15?,16-,18?,19+;;;;/m0..../s1. The maximum Gasteiger partial charge on any atom is 0.354 e. The molecule has 12 heteroatoms. The molecule has 9 N–H and O–H groups in total. The molecule has 1 saturated heterocycles. The normalized spacial score (nSPS) is 20.9. The van der Waals surface area contributed by atoms with E-state index in [1.54, 1.807) is 12.1 Å². The van der Waals surface area contributed by atoms with Gasteiger partial charge in [-0.05, 0) is 34.6 Å². The fourth-order valence-electron chi connectivity index (χ4n) is 3.58. The van der Waals surface area contributed by atoms with E-state index in [-0.39, 0.29) is 63.5 Å². The van der Waals surface area contributed by atoms with Gasteiger partial charge in [0, 0.05) is 40.6 Å². The van der Waals surface area contributed by atoms with Crippen LogP contribution in [0.2, 0.25) is 0 Å². The summed E-state index contributed by atoms with van der Waals surface area (Å²) in [5.41, 5.74) is 2.21. The summed E-state index contributed by atoms with van der Waals surface area (Å²) >= 11 is 0. The molecule has 11 nitrogen and oxygen atoms in total. The first-order valence-electron chi connectivity index (χ1n) is 11.8. The average Bonchev–Trinajstić information content (AvgIpc) is 2.80. The second-order valence-electron chi connectivity index (χ2n) is 10.9. The van der Waals surface area contributed by atoms with Crippen LogP contribution in [0, 0.1) is 0 Å². The van der Waals surface area contributed by atoms with Gasteiger partial charge in [0.25, 0.3) is 0 Å². The Bertz CT molecular complexity index is 1050. The van der Waals surface area contributed by atoms with Crippen LogP contribution in [0.15, 0.2) is 41.5 Å². The number of benzene rings is 1. The molecule has 1 fully saturated rings. The van der Waals surface area contributed by atoms with Crippen LogP contribution < -0.4 is 0 Å². The monoisotopic (exact) mass is 593 g/mol. The second kappa shape index (κ2) is 16.0. The Morgan fingerprint density at radius 1 is 1.08 bits per heavy atom. The number of aromatic hydroxyl groups is 1. The van der Waals surface area contributed by atoms with Crippen molar-refractivity contribution >= 4 is 12.2 Å². The van der Waals surface area contributed by atoms with Crippen molar-refractivity contribution in [3.8, 4) is 5.75 Å². The SMILES string of the molecule is CC(C)(C)c1cc(C=NC2CO[C@@H](CO)[C@@H](O)C2O)c(O)c(C(C)(C)C)c1.O.O.O=C(O)c1ccccn1.[Mn]. The zero-order valence-corrected chi connectivity index (χ0v) is 24.3. The smallest absolute Gasteiger partial charge is 0.354 e. The van der Waals surface area contributed by atoms with Gasteiger partial charge >= 0.3 is 5.97 Å². The number of carboxylic acids is 1. The van der Waals surface area contributed by atoms with E-state index in [4.69, 9.17) is 14.9 Å². The molecular formula is C27H42MnN2O9. The Hall–Kier alpha value is -2.41. The predicted molar refractivity (Wildman–Crippen MR) is 144 cm³/mol. The quantitative estimate of drug-likeness (QED) is 0.254. The minimum atomic E-state index is -1.20. The topological polar surface area (TPSA) is 216 Å². The molecule has 1 aliphatic rings. The number of hydrogen-bond donors (Lipinski definition) is 5. The van der Waals surface area contributed by atoms with Crippen LogP contribution in [0.1, 0.15) is 68.7 Å². The number of aromatic carboxylic acids is 1. The fourth-order valence-corrected chi connectivity index (χ4v) is 3.58. The number of phenols is 1. The van der Waals surface area contributed by atoms with Crippen LogP contribution in [-0.2, 0) is 32.6 Å². The third-order valence-corrected chi connectivity index (χ3v) is 5.89. The first-order valence-corrected chi connectivity index (χ1v) is 11.8. The van der Waals surface area contributed by atoms with E-state index in [0.29, 0.717) is 5.56 Å². The van der Waals surface area contributed by atoms with E-state index in [9.17, 15) is 20.1 Å². The summed E-state index contributed by atoms with van der Waals surface area (Å²) < 4.78 is 5.36. The molecule has 2 heterocycles. The molecule has 2 unspecified atom stereocenters. The number of carbonyl (C=O) groups is 1. The largest absolute Gasteiger partial charge is 0.507 e. The van der Waals surface area contributed by atoms with E-state index in [2.05, 4.69) is 30.7 Å². The molecule has 0 saturated carbocycles. The summed E-state index contributed by atoms with van der Waals surface area (Å²) in [7, 11) is 0. The maximum absolute atomic E-state index is 10.8. The van der Waals surface area contributed by atoms with Gasteiger partial charge in [-0.2, -0.15) is 0 Å². The average molecular weight is 594 g/mol. The molecule has 0 amide bonds. The third kappa shape index (κ3) is 10.6. The minimum absolute atomic E-state index is 0. The Morgan fingerprint density at radius 2 is 1.69 bits per heavy atom. The van der Waals surface area contributed by atoms with Crippen LogP contribution in [0.3, 0.4) is 0 Å². The molecule has 4 atom stereocenters. The number of carboxylic acid groups (broad SMARTS) is 1. The zero-order chi connectivity index (χ0) is 27.3. The molecule has 1 aromatic carbocycles. The number of ether oxygens (including phenoxy) is 1. The van der Waals surface area contributed by atoms with Gasteiger partial charge in [0.05, 0.1) is 13.2 Å². The number of rotatable bonds is 4. The van der Waals surface area contributed by atoms with E-state index in [1.165, 1.54) is 18.5 Å². The van der Waals surface area contributed by atoms with Crippen molar-refractivity contribution in [3.63, 3.8) is 0 Å². The van der Waals surface area contributed by atoms with Crippen molar-refractivity contribution in [1.29, 1.82) is 0 Å². The molecule has 0 spiro atoms. The zero-order valence-electron chi connectivity index (χ0n) is 23.1. The number of aromatic nitrogens is 1. The third-order valence-electron chi connectivity index (χ3n) is 5.89. The summed E-state index contributed by atoms with van der Waals surface area (Å²) in [4.78, 5) is 18.1. The van der Waals surface area contributed by atoms with E-state index in [1.807, 2.05) is 32.9 Å². The molecule has 221 valence electrons. The first-order chi connectivity index (χ1) is 16.7. The number of nitrogens with zero attached hydrogens (tertiary/aromatic N) is 2. The Labute approximate surface area is 239 Å². The summed E-state index contributed by atoms with van der Waals surface area (Å²) in [5.74, 6) is -0.824. The van der Waals surface area contributed by atoms with Crippen LogP contribution in [0.5, 0.6) is 5.75 Å². The van der Waals surface area contributed by atoms with Gasteiger partial charge in [0.15, 0.2) is 0 Å². The van der Waals surface area contributed by atoms with Gasteiger partial charge in [-0.25, -0.2) is 9.78 Å². The number of aliphatic hydroxyl groups excluding tert-OH is 3. The second-order valence-corrected chi connectivity index (χ2v) is 10.9. The Morgan fingerprint density at radius 3 is 2.13 bits per heavy atom. The summed E-state index contributed by atoms with van der Waals surface area (Å²) in [5, 5.41) is 48.5. The molecule has 0 bridgehead atoms. The van der Waals surface area contributed by atoms with Gasteiger partial charge in [-0.3, -0.25) is 4.99 Å². The van der Waals surface area contributed by atoms with Crippen molar-refractivity contribution < 1.29 is 63.1 Å². The van der Waals surface area contributed by atoms with E-state index < -0.39 is 30.3 Å². The molecule has 1 aliphatic heterocycles. The van der Waals surface area contributed by atoms with Gasteiger partial charge in [0.2, 0.25) is 0 Å². The van der Waals surface area contributed by atoms with Crippen molar-refractivity contribution in [3.05, 3.63) is 58.9 Å². The van der Waals surface area contributed by atoms with Crippen LogP contribution in [0.4, 0.5) is 0 Å². The number of aliphatic hydroxyl groups is 3. The molecular weight excluding hydrogens is 551 g/mol. The molecule has 2 aromatic rings. The Balaban J connectivity index is 0. The molecule has 1 aromatic heterocycles. The van der Waals surface area contributed by atoms with Crippen molar-refractivity contribution in [2.45, 2.75) is 76.7 Å². The number of aliphatic imine (C=N–C) groups is 1. The molecule has 0 aliphatic carbocycles. The van der Waals surface area contributed by atoms with Gasteiger partial charge in [-0.1, -0.05) is 53.7 Å². The first kappa shape index (κ1) is 38.7. The Kier molecular flexibility index (Phi) is 15.9. The summed E-state index contributed by atoms with van der Waals surface area (Å²) in [6.45, 7) is 12.2. The van der Waals surface area contributed by atoms with Crippen molar-refractivity contribution in [1.82, 2.24) is 4.98 Å². The van der Waals surface area contributed by atoms with Crippen LogP contribution in [0.25, 0.3) is 0 Å². The summed E-state index contributed by atoms with van der Waals surface area (Å²) in [6, 6.07) is 8.02. The molecule has 1 radical (unpaired) electrons. The number of hydrogen-bond acceptors (Lipinski definition) is 8.